The summed E-state index contributed by atoms with van der Waals surface area (Å²) in [4.78, 5) is 22.7. The van der Waals surface area contributed by atoms with Crippen LogP contribution in [0.5, 0.6) is 0 Å². The quantitative estimate of drug-likeness (QED) is 0.496. The van der Waals surface area contributed by atoms with Gasteiger partial charge in [-0.15, -0.1) is 0 Å². The highest BCUT2D eigenvalue weighted by Crippen LogP contribution is 2.68. The Hall–Kier alpha value is -1.14. The predicted octanol–water partition coefficient (Wildman–Crippen LogP) is 3.59. The zero-order valence-electron chi connectivity index (χ0n) is 20.1. The minimum atomic E-state index is -1.01. The summed E-state index contributed by atoms with van der Waals surface area (Å²) >= 11 is 0. The second-order valence-corrected chi connectivity index (χ2v) is 12.1. The van der Waals surface area contributed by atoms with Crippen molar-refractivity contribution in [3.63, 3.8) is 0 Å². The van der Waals surface area contributed by atoms with Crippen molar-refractivity contribution >= 4 is 11.9 Å². The number of aliphatic hydroxyl groups is 2. The molecular formula is C26H43NO5. The number of fused-ring (bicyclic) bond motifs is 5. The van der Waals surface area contributed by atoms with Gasteiger partial charge in [-0.25, -0.2) is 0 Å². The Morgan fingerprint density at radius 1 is 1.00 bits per heavy atom. The Morgan fingerprint density at radius 3 is 2.41 bits per heavy atom. The first-order chi connectivity index (χ1) is 15.1. The molecule has 4 N–H and O–H groups in total. The van der Waals surface area contributed by atoms with Gasteiger partial charge in [0, 0.05) is 6.42 Å². The molecule has 0 saturated heterocycles. The minimum Gasteiger partial charge on any atom is -0.480 e. The van der Waals surface area contributed by atoms with E-state index >= 15 is 0 Å². The van der Waals surface area contributed by atoms with Gasteiger partial charge in [0.1, 0.15) is 6.54 Å². The molecule has 6 nitrogen and oxygen atoms in total. The van der Waals surface area contributed by atoms with Gasteiger partial charge in [-0.2, -0.15) is 0 Å². The summed E-state index contributed by atoms with van der Waals surface area (Å²) in [6.07, 6.45) is 9.06. The monoisotopic (exact) mass is 449 g/mol. The van der Waals surface area contributed by atoms with E-state index in [9.17, 15) is 19.8 Å². The van der Waals surface area contributed by atoms with E-state index in [0.29, 0.717) is 41.9 Å². The van der Waals surface area contributed by atoms with E-state index in [1.54, 1.807) is 0 Å². The maximum absolute atomic E-state index is 12.0. The number of hydrogen-bond acceptors (Lipinski definition) is 4. The number of carbonyl (C=O) groups excluding carboxylic acids is 1. The van der Waals surface area contributed by atoms with Crippen LogP contribution in [0, 0.1) is 46.3 Å². The molecule has 4 aliphatic rings. The van der Waals surface area contributed by atoms with Gasteiger partial charge in [0.25, 0.3) is 0 Å². The summed E-state index contributed by atoms with van der Waals surface area (Å²) in [5, 5.41) is 32.8. The molecule has 0 radical (unpaired) electrons. The van der Waals surface area contributed by atoms with Crippen LogP contribution in [-0.2, 0) is 9.59 Å². The van der Waals surface area contributed by atoms with Gasteiger partial charge < -0.3 is 20.6 Å². The van der Waals surface area contributed by atoms with E-state index < -0.39 is 5.97 Å². The van der Waals surface area contributed by atoms with Crippen molar-refractivity contribution in [1.29, 1.82) is 0 Å². The zero-order chi connectivity index (χ0) is 23.3. The molecule has 0 aromatic rings. The second-order valence-electron chi connectivity index (χ2n) is 12.1. The fourth-order valence-electron chi connectivity index (χ4n) is 9.00. The SMILES string of the molecule is C[C@H](CCC(=O)NCC(=O)O)[C@H]1CCC2C3C(O)CC4CC(O)CC[C@]4(C)C3CC[C@@]21C. The summed E-state index contributed by atoms with van der Waals surface area (Å²) in [7, 11) is 0. The largest absolute Gasteiger partial charge is 0.480 e. The van der Waals surface area contributed by atoms with Crippen LogP contribution in [-0.4, -0.2) is 45.9 Å². The Labute approximate surface area is 192 Å². The maximum atomic E-state index is 12.0. The summed E-state index contributed by atoms with van der Waals surface area (Å²) in [5.41, 5.74) is 0.451. The van der Waals surface area contributed by atoms with Crippen molar-refractivity contribution in [3.05, 3.63) is 0 Å². The van der Waals surface area contributed by atoms with E-state index in [2.05, 4.69) is 26.1 Å². The average molecular weight is 450 g/mol. The highest BCUT2D eigenvalue weighted by atomic mass is 16.4. The summed E-state index contributed by atoms with van der Waals surface area (Å²) in [5.74, 6) is 1.66. The van der Waals surface area contributed by atoms with E-state index in [0.717, 1.165) is 44.9 Å². The highest BCUT2D eigenvalue weighted by Gasteiger charge is 2.62. The summed E-state index contributed by atoms with van der Waals surface area (Å²) in [6, 6.07) is 0. The molecule has 0 aromatic carbocycles. The van der Waals surface area contributed by atoms with Crippen molar-refractivity contribution in [3.8, 4) is 0 Å². The first kappa shape index (κ1) is 24.0. The summed E-state index contributed by atoms with van der Waals surface area (Å²) in [6.45, 7) is 6.83. The molecule has 32 heavy (non-hydrogen) atoms. The van der Waals surface area contributed by atoms with Crippen LogP contribution in [0.3, 0.4) is 0 Å². The molecule has 4 fully saturated rings. The van der Waals surface area contributed by atoms with Gasteiger partial charge in [0.05, 0.1) is 12.2 Å². The molecule has 10 atom stereocenters. The lowest BCUT2D eigenvalue weighted by Gasteiger charge is -2.62. The molecule has 0 spiro atoms. The lowest BCUT2D eigenvalue weighted by molar-refractivity contribution is -0.174. The van der Waals surface area contributed by atoms with Crippen molar-refractivity contribution < 1.29 is 24.9 Å². The number of amides is 1. The number of rotatable bonds is 6. The average Bonchev–Trinajstić information content (AvgIpc) is 3.09. The molecule has 6 unspecified atom stereocenters. The second kappa shape index (κ2) is 8.90. The molecule has 0 bridgehead atoms. The van der Waals surface area contributed by atoms with Gasteiger partial charge in [0.2, 0.25) is 5.91 Å². The number of aliphatic hydroxyl groups excluding tert-OH is 2. The Balaban J connectivity index is 1.44. The molecule has 6 heteroatoms. The predicted molar refractivity (Wildman–Crippen MR) is 122 cm³/mol. The van der Waals surface area contributed by atoms with E-state index in [1.165, 1.54) is 12.8 Å². The number of aliphatic carboxylic acids is 1. The van der Waals surface area contributed by atoms with E-state index in [4.69, 9.17) is 5.11 Å². The topological polar surface area (TPSA) is 107 Å². The molecule has 4 rings (SSSR count). The minimum absolute atomic E-state index is 0.177. The molecule has 1 amide bonds. The van der Waals surface area contributed by atoms with Crippen LogP contribution in [0.1, 0.15) is 85.0 Å². The standard InChI is InChI=1S/C26H43NO5/c1-15(4-7-22(30)27-14-23(31)32)18-5-6-19-24-20(9-11-26(18,19)3)25(2)10-8-17(28)12-16(25)13-21(24)29/h15-21,24,28-29H,4-14H2,1-3H3,(H,27,30)(H,31,32)/t15-,16?,17?,18-,19?,20?,21?,24?,25+,26-/m1/s1. The van der Waals surface area contributed by atoms with E-state index in [1.807, 2.05) is 0 Å². The first-order valence-electron chi connectivity index (χ1n) is 12.9. The number of carboxylic acid groups (broad SMARTS) is 1. The number of nitrogens with one attached hydrogen (secondary N) is 1. The van der Waals surface area contributed by atoms with Crippen LogP contribution < -0.4 is 5.32 Å². The zero-order valence-corrected chi connectivity index (χ0v) is 20.1. The van der Waals surface area contributed by atoms with Gasteiger partial charge in [-0.05, 0) is 104 Å². The summed E-state index contributed by atoms with van der Waals surface area (Å²) < 4.78 is 0. The van der Waals surface area contributed by atoms with Crippen molar-refractivity contribution in [2.75, 3.05) is 6.54 Å². The smallest absolute Gasteiger partial charge is 0.322 e. The molecule has 0 heterocycles. The fraction of sp³-hybridized carbons (Fsp3) is 0.923. The molecule has 0 aliphatic heterocycles. The van der Waals surface area contributed by atoms with Gasteiger partial charge in [-0.3, -0.25) is 9.59 Å². The Kier molecular flexibility index (Phi) is 6.68. The lowest BCUT2D eigenvalue weighted by Crippen LogP contribution is -2.58. The Bertz CT molecular complexity index is 727. The van der Waals surface area contributed by atoms with Crippen molar-refractivity contribution in [1.82, 2.24) is 5.32 Å². The van der Waals surface area contributed by atoms with Gasteiger partial charge >= 0.3 is 5.97 Å². The lowest BCUT2D eigenvalue weighted by atomic mass is 9.43. The van der Waals surface area contributed by atoms with Gasteiger partial charge in [-0.1, -0.05) is 20.8 Å². The van der Waals surface area contributed by atoms with Gasteiger partial charge in [0.15, 0.2) is 0 Å². The fourth-order valence-corrected chi connectivity index (χ4v) is 9.00. The highest BCUT2D eigenvalue weighted by molar-refractivity contribution is 5.81. The number of carbonyl (C=O) groups is 2. The van der Waals surface area contributed by atoms with Crippen LogP contribution in [0.25, 0.3) is 0 Å². The first-order valence-corrected chi connectivity index (χ1v) is 12.9. The van der Waals surface area contributed by atoms with Crippen LogP contribution >= 0.6 is 0 Å². The number of hydrogen-bond donors (Lipinski definition) is 4. The van der Waals surface area contributed by atoms with Crippen LogP contribution in [0.4, 0.5) is 0 Å². The van der Waals surface area contributed by atoms with Crippen molar-refractivity contribution in [2.45, 2.75) is 97.2 Å². The normalized spacial score (nSPS) is 46.5. The van der Waals surface area contributed by atoms with Crippen LogP contribution in [0.15, 0.2) is 0 Å². The third-order valence-electron chi connectivity index (χ3n) is 10.7. The molecule has 4 aliphatic carbocycles. The third kappa shape index (κ3) is 4.11. The molecular weight excluding hydrogens is 406 g/mol. The Morgan fingerprint density at radius 2 is 1.69 bits per heavy atom. The molecule has 182 valence electrons. The third-order valence-corrected chi connectivity index (χ3v) is 10.7. The molecule has 0 aromatic heterocycles. The number of carboxylic acids is 1. The molecule has 4 saturated carbocycles. The maximum Gasteiger partial charge on any atom is 0.322 e. The van der Waals surface area contributed by atoms with Crippen LogP contribution in [0.2, 0.25) is 0 Å². The van der Waals surface area contributed by atoms with Crippen molar-refractivity contribution in [2.24, 2.45) is 46.3 Å². The van der Waals surface area contributed by atoms with E-state index in [-0.39, 0.29) is 35.5 Å².